The minimum absolute atomic E-state index is 0.288. The Balaban J connectivity index is 2.39. The number of para-hydroxylation sites is 1. The zero-order valence-electron chi connectivity index (χ0n) is 12.0. The molecule has 1 amide bonds. The molecule has 1 aromatic carbocycles. The molecule has 0 spiro atoms. The predicted molar refractivity (Wildman–Crippen MR) is 79.7 cm³/mol. The van der Waals surface area contributed by atoms with Gasteiger partial charge in [0.2, 0.25) is 10.0 Å². The van der Waals surface area contributed by atoms with E-state index in [2.05, 4.69) is 15.3 Å². The second kappa shape index (κ2) is 6.70. The number of azide groups is 1. The maximum absolute atomic E-state index is 12.7. The highest BCUT2D eigenvalue weighted by Crippen LogP contribution is 2.29. The van der Waals surface area contributed by atoms with Gasteiger partial charge in [0.1, 0.15) is 0 Å². The van der Waals surface area contributed by atoms with Crippen LogP contribution in [0.15, 0.2) is 34.3 Å². The highest BCUT2D eigenvalue weighted by atomic mass is 32.2. The summed E-state index contributed by atoms with van der Waals surface area (Å²) in [5, 5.41) is 25.3. The van der Waals surface area contributed by atoms with Gasteiger partial charge < -0.3 is 10.4 Å². The van der Waals surface area contributed by atoms with Gasteiger partial charge in [0.05, 0.1) is 17.0 Å². The maximum Gasteiger partial charge on any atom is 0.404 e. The molecule has 0 bridgehead atoms. The molecule has 0 saturated carbocycles. The molecule has 1 aromatic rings. The number of hydrogen-bond donors (Lipinski definition) is 2. The highest BCUT2D eigenvalue weighted by Gasteiger charge is 2.41. The number of carboxylic acid groups (broad SMARTS) is 1. The smallest absolute Gasteiger partial charge is 0.404 e. The van der Waals surface area contributed by atoms with Crippen molar-refractivity contribution in [3.8, 4) is 0 Å². The summed E-state index contributed by atoms with van der Waals surface area (Å²) in [6.45, 7) is -0.590. The molecular formula is C11H12N6O6S. The van der Waals surface area contributed by atoms with Gasteiger partial charge in [-0.1, -0.05) is 17.2 Å². The Labute approximate surface area is 135 Å². The molecule has 2 N–H and O–H groups in total. The van der Waals surface area contributed by atoms with Crippen LogP contribution < -0.4 is 5.32 Å². The summed E-state index contributed by atoms with van der Waals surface area (Å²) in [4.78, 5) is 23.0. The van der Waals surface area contributed by atoms with Crippen molar-refractivity contribution in [2.75, 3.05) is 13.1 Å². The SMILES string of the molecule is [N-]=[N+]=NC1CN(S(=O)(=O)c2ccccc2[N+](=O)[O-])CC1NC(=O)O. The number of nitro groups is 1. The first kappa shape index (κ1) is 17.5. The Hall–Kier alpha value is -2.89. The monoisotopic (exact) mass is 356 g/mol. The third kappa shape index (κ3) is 3.37. The Bertz CT molecular complexity index is 820. The Kier molecular flexibility index (Phi) is 4.87. The lowest BCUT2D eigenvalue weighted by molar-refractivity contribution is -0.387. The van der Waals surface area contributed by atoms with Crippen molar-refractivity contribution in [1.82, 2.24) is 9.62 Å². The van der Waals surface area contributed by atoms with E-state index in [4.69, 9.17) is 10.6 Å². The second-order valence-corrected chi connectivity index (χ2v) is 6.78. The average Bonchev–Trinajstić information content (AvgIpc) is 2.90. The molecule has 2 unspecified atom stereocenters. The van der Waals surface area contributed by atoms with Crippen LogP contribution in [-0.4, -0.2) is 54.0 Å². The molecule has 0 aromatic heterocycles. The van der Waals surface area contributed by atoms with Crippen LogP contribution in [0.2, 0.25) is 0 Å². The van der Waals surface area contributed by atoms with Crippen LogP contribution in [-0.2, 0) is 10.0 Å². The lowest BCUT2D eigenvalue weighted by atomic mass is 10.2. The lowest BCUT2D eigenvalue weighted by Gasteiger charge is -2.16. The first-order valence-electron chi connectivity index (χ1n) is 6.54. The molecule has 1 aliphatic rings. The van der Waals surface area contributed by atoms with E-state index in [1.807, 2.05) is 0 Å². The standard InChI is InChI=1S/C11H12N6O6S/c12-15-14-8-6-16(5-7(8)13-11(18)19)24(22,23)10-4-2-1-3-9(10)17(20)21/h1-4,7-8,13H,5-6H2,(H,18,19). The highest BCUT2D eigenvalue weighted by molar-refractivity contribution is 7.89. The lowest BCUT2D eigenvalue weighted by Crippen LogP contribution is -2.41. The van der Waals surface area contributed by atoms with Crippen LogP contribution in [0, 0.1) is 10.1 Å². The molecule has 13 heteroatoms. The van der Waals surface area contributed by atoms with Gasteiger partial charge in [0.15, 0.2) is 4.90 Å². The van der Waals surface area contributed by atoms with Crippen LogP contribution >= 0.6 is 0 Å². The van der Waals surface area contributed by atoms with Crippen LogP contribution in [0.5, 0.6) is 0 Å². The molecule has 2 rings (SSSR count). The number of benzene rings is 1. The topological polar surface area (TPSA) is 179 Å². The quantitative estimate of drug-likeness (QED) is 0.260. The van der Waals surface area contributed by atoms with Crippen LogP contribution in [0.3, 0.4) is 0 Å². The molecule has 128 valence electrons. The third-order valence-corrected chi connectivity index (χ3v) is 5.32. The number of carbonyl (C=O) groups is 1. The summed E-state index contributed by atoms with van der Waals surface area (Å²) >= 11 is 0. The molecule has 1 heterocycles. The van der Waals surface area contributed by atoms with Crippen molar-refractivity contribution in [1.29, 1.82) is 0 Å². The number of nitrogens with zero attached hydrogens (tertiary/aromatic N) is 5. The summed E-state index contributed by atoms with van der Waals surface area (Å²) in [5.74, 6) is 0. The van der Waals surface area contributed by atoms with Crippen molar-refractivity contribution < 1.29 is 23.2 Å². The van der Waals surface area contributed by atoms with Gasteiger partial charge in [-0.05, 0) is 11.6 Å². The van der Waals surface area contributed by atoms with Crippen molar-refractivity contribution in [3.05, 3.63) is 44.8 Å². The number of nitro benzene ring substituents is 1. The van der Waals surface area contributed by atoms with E-state index >= 15 is 0 Å². The van der Waals surface area contributed by atoms with E-state index in [0.717, 1.165) is 16.4 Å². The Morgan fingerprint density at radius 1 is 1.46 bits per heavy atom. The molecule has 1 aliphatic heterocycles. The molecule has 2 atom stereocenters. The molecular weight excluding hydrogens is 344 g/mol. The summed E-state index contributed by atoms with van der Waals surface area (Å²) < 4.78 is 26.2. The summed E-state index contributed by atoms with van der Waals surface area (Å²) in [5.41, 5.74) is 7.94. The summed E-state index contributed by atoms with van der Waals surface area (Å²) in [6, 6.07) is 2.92. The number of hydrogen-bond acceptors (Lipinski definition) is 6. The number of sulfonamides is 1. The average molecular weight is 356 g/mol. The van der Waals surface area contributed by atoms with E-state index < -0.39 is 43.7 Å². The zero-order chi connectivity index (χ0) is 17.9. The maximum atomic E-state index is 12.7. The van der Waals surface area contributed by atoms with E-state index in [-0.39, 0.29) is 13.1 Å². The first-order valence-corrected chi connectivity index (χ1v) is 7.98. The van der Waals surface area contributed by atoms with Crippen molar-refractivity contribution >= 4 is 21.8 Å². The minimum Gasteiger partial charge on any atom is -0.465 e. The molecule has 1 saturated heterocycles. The Morgan fingerprint density at radius 2 is 2.12 bits per heavy atom. The number of rotatable bonds is 5. The van der Waals surface area contributed by atoms with Gasteiger partial charge in [0.25, 0.3) is 5.69 Å². The fraction of sp³-hybridized carbons (Fsp3) is 0.364. The van der Waals surface area contributed by atoms with Gasteiger partial charge in [0, 0.05) is 24.1 Å². The number of amides is 1. The van der Waals surface area contributed by atoms with E-state index in [1.165, 1.54) is 12.1 Å². The van der Waals surface area contributed by atoms with E-state index in [1.54, 1.807) is 0 Å². The van der Waals surface area contributed by atoms with E-state index in [0.29, 0.717) is 0 Å². The van der Waals surface area contributed by atoms with Gasteiger partial charge in [-0.3, -0.25) is 10.1 Å². The summed E-state index contributed by atoms with van der Waals surface area (Å²) in [7, 11) is -4.26. The Morgan fingerprint density at radius 3 is 2.71 bits per heavy atom. The van der Waals surface area contributed by atoms with Crippen LogP contribution in [0.25, 0.3) is 10.4 Å². The first-order chi connectivity index (χ1) is 11.3. The summed E-state index contributed by atoms with van der Waals surface area (Å²) in [6.07, 6.45) is -1.40. The second-order valence-electron chi connectivity index (χ2n) is 4.88. The zero-order valence-corrected chi connectivity index (χ0v) is 12.8. The predicted octanol–water partition coefficient (Wildman–Crippen LogP) is 0.914. The van der Waals surface area contributed by atoms with Crippen molar-refractivity contribution in [3.63, 3.8) is 0 Å². The van der Waals surface area contributed by atoms with Gasteiger partial charge in [-0.25, -0.2) is 13.2 Å². The fourth-order valence-electron chi connectivity index (χ4n) is 2.40. The molecule has 0 aliphatic carbocycles. The molecule has 1 fully saturated rings. The van der Waals surface area contributed by atoms with Crippen LogP contribution in [0.1, 0.15) is 0 Å². The van der Waals surface area contributed by atoms with Crippen molar-refractivity contribution in [2.24, 2.45) is 5.11 Å². The third-order valence-electron chi connectivity index (χ3n) is 3.44. The van der Waals surface area contributed by atoms with E-state index in [9.17, 15) is 23.3 Å². The molecule has 12 nitrogen and oxygen atoms in total. The van der Waals surface area contributed by atoms with Gasteiger partial charge in [-0.15, -0.1) is 0 Å². The van der Waals surface area contributed by atoms with Gasteiger partial charge in [-0.2, -0.15) is 4.31 Å². The molecule has 24 heavy (non-hydrogen) atoms. The largest absolute Gasteiger partial charge is 0.465 e. The number of nitrogens with one attached hydrogen (secondary N) is 1. The minimum atomic E-state index is -4.26. The van der Waals surface area contributed by atoms with Gasteiger partial charge >= 0.3 is 6.09 Å². The molecule has 0 radical (unpaired) electrons. The van der Waals surface area contributed by atoms with Crippen molar-refractivity contribution in [2.45, 2.75) is 17.0 Å². The fourth-order valence-corrected chi connectivity index (χ4v) is 4.04. The normalized spacial score (nSPS) is 21.0. The van der Waals surface area contributed by atoms with Crippen LogP contribution in [0.4, 0.5) is 10.5 Å².